The lowest BCUT2D eigenvalue weighted by Crippen LogP contribution is -2.40. The monoisotopic (exact) mass is 345 g/mol. The van der Waals surface area contributed by atoms with Crippen molar-refractivity contribution in [2.24, 2.45) is 0 Å². The van der Waals surface area contributed by atoms with Gasteiger partial charge in [-0.25, -0.2) is 0 Å². The van der Waals surface area contributed by atoms with Crippen LogP contribution in [0.15, 0.2) is 36.5 Å². The molecule has 1 heterocycles. The third-order valence-electron chi connectivity index (χ3n) is 3.17. The van der Waals surface area contributed by atoms with Crippen molar-refractivity contribution < 1.29 is 9.59 Å². The zero-order chi connectivity index (χ0) is 17.9. The van der Waals surface area contributed by atoms with Crippen LogP contribution in [0.5, 0.6) is 0 Å². The number of aromatic nitrogens is 1. The Labute approximate surface area is 146 Å². The quantitative estimate of drug-likeness (QED) is 0.888. The highest BCUT2D eigenvalue weighted by atomic mass is 35.5. The van der Waals surface area contributed by atoms with E-state index in [4.69, 9.17) is 11.6 Å². The van der Waals surface area contributed by atoms with E-state index in [1.807, 2.05) is 33.8 Å². The molecule has 0 aliphatic rings. The first-order valence-corrected chi connectivity index (χ1v) is 7.89. The Balaban J connectivity index is 2.16. The molecular formula is C18H20ClN3O2. The minimum atomic E-state index is -0.402. The van der Waals surface area contributed by atoms with Crippen molar-refractivity contribution in [2.75, 3.05) is 5.32 Å². The minimum absolute atomic E-state index is 0.160. The Kier molecular flexibility index (Phi) is 5.24. The zero-order valence-corrected chi connectivity index (χ0v) is 14.9. The number of aryl methyl sites for hydroxylation is 1. The molecule has 0 bridgehead atoms. The van der Waals surface area contributed by atoms with E-state index in [1.54, 1.807) is 18.2 Å². The van der Waals surface area contributed by atoms with Crippen molar-refractivity contribution in [3.63, 3.8) is 0 Å². The molecule has 0 spiro atoms. The van der Waals surface area contributed by atoms with Gasteiger partial charge >= 0.3 is 0 Å². The van der Waals surface area contributed by atoms with Crippen molar-refractivity contribution >= 4 is 29.1 Å². The molecule has 0 saturated heterocycles. The molecule has 2 rings (SSSR count). The number of nitrogens with one attached hydrogen (secondary N) is 2. The normalized spacial score (nSPS) is 11.0. The lowest BCUT2D eigenvalue weighted by Gasteiger charge is -2.20. The summed E-state index contributed by atoms with van der Waals surface area (Å²) in [6.45, 7) is 7.55. The molecule has 0 aliphatic carbocycles. The van der Waals surface area contributed by atoms with E-state index in [-0.39, 0.29) is 17.1 Å². The molecule has 1 aromatic carbocycles. The molecule has 2 N–H and O–H groups in total. The van der Waals surface area contributed by atoms with Crippen LogP contribution in [-0.2, 0) is 0 Å². The summed E-state index contributed by atoms with van der Waals surface area (Å²) in [7, 11) is 0. The van der Waals surface area contributed by atoms with Crippen molar-refractivity contribution in [2.45, 2.75) is 33.2 Å². The predicted octanol–water partition coefficient (Wildman–Crippen LogP) is 3.82. The van der Waals surface area contributed by atoms with E-state index in [0.717, 1.165) is 5.56 Å². The number of anilines is 1. The molecule has 0 saturated carbocycles. The van der Waals surface area contributed by atoms with Gasteiger partial charge in [-0.3, -0.25) is 14.6 Å². The molecule has 2 amide bonds. The van der Waals surface area contributed by atoms with E-state index in [0.29, 0.717) is 16.3 Å². The minimum Gasteiger partial charge on any atom is -0.347 e. The average molecular weight is 346 g/mol. The number of hydrogen-bond acceptors (Lipinski definition) is 3. The molecule has 0 aliphatic heterocycles. The van der Waals surface area contributed by atoms with E-state index in [9.17, 15) is 9.59 Å². The Morgan fingerprint density at radius 3 is 2.42 bits per heavy atom. The molecule has 0 unspecified atom stereocenters. The topological polar surface area (TPSA) is 71.1 Å². The van der Waals surface area contributed by atoms with Gasteiger partial charge in [-0.05, 0) is 57.5 Å². The molecule has 0 fully saturated rings. The van der Waals surface area contributed by atoms with Gasteiger partial charge in [0, 0.05) is 28.0 Å². The summed E-state index contributed by atoms with van der Waals surface area (Å²) in [6, 6.07) is 8.28. The van der Waals surface area contributed by atoms with E-state index >= 15 is 0 Å². The molecule has 0 atom stereocenters. The molecule has 0 radical (unpaired) electrons. The van der Waals surface area contributed by atoms with Crippen LogP contribution in [0.1, 0.15) is 47.2 Å². The second kappa shape index (κ2) is 7.01. The third kappa shape index (κ3) is 4.80. The predicted molar refractivity (Wildman–Crippen MR) is 95.6 cm³/mol. The summed E-state index contributed by atoms with van der Waals surface area (Å²) >= 11 is 6.05. The number of pyridine rings is 1. The van der Waals surface area contributed by atoms with Crippen molar-refractivity contribution in [3.05, 3.63) is 58.4 Å². The van der Waals surface area contributed by atoms with Crippen LogP contribution in [0.2, 0.25) is 5.02 Å². The number of benzene rings is 1. The molecule has 2 aromatic rings. The average Bonchev–Trinajstić information content (AvgIpc) is 2.49. The second-order valence-corrected chi connectivity index (χ2v) is 6.96. The SMILES string of the molecule is Cc1ccc(NC(=O)c2cc(C(=O)NC(C)(C)C)ccn2)cc1Cl. The molecule has 24 heavy (non-hydrogen) atoms. The summed E-state index contributed by atoms with van der Waals surface area (Å²) in [5.41, 5.74) is 1.68. The van der Waals surface area contributed by atoms with Gasteiger partial charge in [0.05, 0.1) is 0 Å². The Hall–Kier alpha value is -2.40. The number of halogens is 1. The smallest absolute Gasteiger partial charge is 0.274 e. The van der Waals surface area contributed by atoms with Crippen LogP contribution in [0.4, 0.5) is 5.69 Å². The lowest BCUT2D eigenvalue weighted by atomic mass is 10.1. The standard InChI is InChI=1S/C18H20ClN3O2/c1-11-5-6-13(10-14(11)19)21-17(24)15-9-12(7-8-20-15)16(23)22-18(2,3)4/h5-10H,1-4H3,(H,21,24)(H,22,23). The first kappa shape index (κ1) is 17.9. The van der Waals surface area contributed by atoms with Gasteiger partial charge in [-0.1, -0.05) is 17.7 Å². The number of amides is 2. The molecule has 126 valence electrons. The van der Waals surface area contributed by atoms with Gasteiger partial charge in [-0.2, -0.15) is 0 Å². The lowest BCUT2D eigenvalue weighted by molar-refractivity contribution is 0.0919. The van der Waals surface area contributed by atoms with Gasteiger partial charge in [0.2, 0.25) is 0 Å². The maximum atomic E-state index is 12.3. The first-order valence-electron chi connectivity index (χ1n) is 7.52. The van der Waals surface area contributed by atoms with Gasteiger partial charge in [0.1, 0.15) is 5.69 Å². The van der Waals surface area contributed by atoms with Crippen LogP contribution in [0.3, 0.4) is 0 Å². The van der Waals surface area contributed by atoms with Crippen molar-refractivity contribution in [1.29, 1.82) is 0 Å². The molecule has 5 nitrogen and oxygen atoms in total. The van der Waals surface area contributed by atoms with E-state index in [1.165, 1.54) is 12.3 Å². The van der Waals surface area contributed by atoms with E-state index < -0.39 is 5.91 Å². The fraction of sp³-hybridized carbons (Fsp3) is 0.278. The summed E-state index contributed by atoms with van der Waals surface area (Å²) < 4.78 is 0. The summed E-state index contributed by atoms with van der Waals surface area (Å²) in [4.78, 5) is 28.5. The third-order valence-corrected chi connectivity index (χ3v) is 3.58. The van der Waals surface area contributed by atoms with Crippen molar-refractivity contribution in [1.82, 2.24) is 10.3 Å². The summed E-state index contributed by atoms with van der Waals surface area (Å²) in [5, 5.41) is 6.14. The van der Waals surface area contributed by atoms with Crippen LogP contribution >= 0.6 is 11.6 Å². The maximum absolute atomic E-state index is 12.3. The van der Waals surface area contributed by atoms with Gasteiger partial charge in [0.25, 0.3) is 11.8 Å². The molecular weight excluding hydrogens is 326 g/mol. The Morgan fingerprint density at radius 2 is 1.79 bits per heavy atom. The molecule has 1 aromatic heterocycles. The Morgan fingerprint density at radius 1 is 1.08 bits per heavy atom. The molecule has 6 heteroatoms. The largest absolute Gasteiger partial charge is 0.347 e. The van der Waals surface area contributed by atoms with Gasteiger partial charge in [0.15, 0.2) is 0 Å². The van der Waals surface area contributed by atoms with Crippen molar-refractivity contribution in [3.8, 4) is 0 Å². The number of rotatable bonds is 3. The van der Waals surface area contributed by atoms with Crippen LogP contribution in [-0.4, -0.2) is 22.3 Å². The zero-order valence-electron chi connectivity index (χ0n) is 14.1. The first-order chi connectivity index (χ1) is 11.2. The highest BCUT2D eigenvalue weighted by Crippen LogP contribution is 2.20. The van der Waals surface area contributed by atoms with Gasteiger partial charge in [-0.15, -0.1) is 0 Å². The van der Waals surface area contributed by atoms with Crippen LogP contribution in [0.25, 0.3) is 0 Å². The van der Waals surface area contributed by atoms with Gasteiger partial charge < -0.3 is 10.6 Å². The number of carbonyl (C=O) groups is 2. The number of carbonyl (C=O) groups excluding carboxylic acids is 2. The van der Waals surface area contributed by atoms with E-state index in [2.05, 4.69) is 15.6 Å². The summed E-state index contributed by atoms with van der Waals surface area (Å²) in [5.74, 6) is -0.655. The highest BCUT2D eigenvalue weighted by molar-refractivity contribution is 6.31. The number of hydrogen-bond donors (Lipinski definition) is 2. The second-order valence-electron chi connectivity index (χ2n) is 6.55. The number of nitrogens with zero attached hydrogens (tertiary/aromatic N) is 1. The summed E-state index contributed by atoms with van der Waals surface area (Å²) in [6.07, 6.45) is 1.44. The Bertz CT molecular complexity index is 782. The fourth-order valence-electron chi connectivity index (χ4n) is 1.97. The maximum Gasteiger partial charge on any atom is 0.274 e. The van der Waals surface area contributed by atoms with Crippen LogP contribution in [0, 0.1) is 6.92 Å². The highest BCUT2D eigenvalue weighted by Gasteiger charge is 2.17. The fourth-order valence-corrected chi connectivity index (χ4v) is 2.15. The van der Waals surface area contributed by atoms with Crippen LogP contribution < -0.4 is 10.6 Å².